The van der Waals surface area contributed by atoms with Gasteiger partial charge in [-0.3, -0.25) is 4.79 Å². The molecule has 0 aromatic carbocycles. The van der Waals surface area contributed by atoms with Crippen LogP contribution in [0.4, 0.5) is 0 Å². The number of alkyl halides is 13. The Bertz CT molecular complexity index is 425. The summed E-state index contributed by atoms with van der Waals surface area (Å²) in [6.45, 7) is 0. The Labute approximate surface area is 191 Å². The monoisotopic (exact) mass is 571 g/mol. The third-order valence-corrected chi connectivity index (χ3v) is 10.5. The molecule has 0 spiro atoms. The molecular formula is C7H2Cl13NO. The second-order valence-corrected chi connectivity index (χ2v) is 12.5. The van der Waals surface area contributed by atoms with Crippen LogP contribution in [-0.2, 0) is 4.79 Å². The van der Waals surface area contributed by atoms with Crippen LogP contribution in [0.3, 0.4) is 0 Å². The normalized spacial score (nSPS) is 15.7. The lowest BCUT2D eigenvalue weighted by molar-refractivity contribution is -0.110. The van der Waals surface area contributed by atoms with Gasteiger partial charge in [-0.2, -0.15) is 0 Å². The number of halogens is 13. The molecule has 1 amide bonds. The Balaban J connectivity index is 6.16. The Morgan fingerprint density at radius 1 is 0.545 bits per heavy atom. The van der Waals surface area contributed by atoms with Gasteiger partial charge in [0.2, 0.25) is 23.3 Å². The van der Waals surface area contributed by atoms with Crippen LogP contribution in [0, 0.1) is 0 Å². The minimum absolute atomic E-state index is 0.0527. The van der Waals surface area contributed by atoms with Crippen molar-refractivity contribution in [2.45, 2.75) is 25.6 Å². The number of carbonyl (C=O) groups is 1. The number of nitrogens with one attached hydrogen (secondary N) is 1. The van der Waals surface area contributed by atoms with Gasteiger partial charge in [-0.15, -0.1) is 0 Å². The number of hydrogen-bond donors (Lipinski definition) is 1. The summed E-state index contributed by atoms with van der Waals surface area (Å²) in [7, 11) is 0. The van der Waals surface area contributed by atoms with E-state index in [1.54, 1.807) is 0 Å². The predicted octanol–water partition coefficient (Wildman–Crippen LogP) is 6.93. The van der Waals surface area contributed by atoms with Gasteiger partial charge in [0.25, 0.3) is 0 Å². The molecule has 0 heterocycles. The van der Waals surface area contributed by atoms with Gasteiger partial charge in [0.1, 0.15) is 0 Å². The van der Waals surface area contributed by atoms with Gasteiger partial charge in [0, 0.05) is 0 Å². The van der Waals surface area contributed by atoms with Gasteiger partial charge >= 0.3 is 0 Å². The molecule has 2 nitrogen and oxygen atoms in total. The molecule has 0 radical (unpaired) electrons. The van der Waals surface area contributed by atoms with Crippen LogP contribution >= 0.6 is 151 Å². The number of rotatable bonds is 6. The van der Waals surface area contributed by atoms with E-state index in [4.69, 9.17) is 151 Å². The van der Waals surface area contributed by atoms with E-state index in [1.165, 1.54) is 0 Å². The van der Waals surface area contributed by atoms with Crippen LogP contribution in [0.5, 0.6) is 0 Å². The summed E-state index contributed by atoms with van der Waals surface area (Å²) in [4.78, 5) is 10.5. The molecule has 0 fully saturated rings. The fourth-order valence-corrected chi connectivity index (χ4v) is 4.41. The lowest BCUT2D eigenvalue weighted by Crippen LogP contribution is -2.68. The largest absolute Gasteiger partial charge is 0.325 e. The molecule has 0 aromatic rings. The number of carbonyl (C=O) groups excluding carboxylic acids is 1. The molecule has 0 bridgehead atoms. The van der Waals surface area contributed by atoms with Crippen molar-refractivity contribution in [3.05, 3.63) is 0 Å². The van der Waals surface area contributed by atoms with Crippen molar-refractivity contribution >= 4 is 157 Å². The maximum absolute atomic E-state index is 10.5. The van der Waals surface area contributed by atoms with Crippen molar-refractivity contribution in [3.8, 4) is 0 Å². The third-order valence-electron chi connectivity index (χ3n) is 2.17. The van der Waals surface area contributed by atoms with Crippen LogP contribution in [0.25, 0.3) is 0 Å². The van der Waals surface area contributed by atoms with E-state index in [2.05, 4.69) is 0 Å². The number of amides is 1. The molecule has 15 heteroatoms. The predicted molar refractivity (Wildman–Crippen MR) is 102 cm³/mol. The van der Waals surface area contributed by atoms with Crippen molar-refractivity contribution in [1.29, 1.82) is 0 Å². The summed E-state index contributed by atoms with van der Waals surface area (Å²) < 4.78 is -15.9. The second-order valence-electron chi connectivity index (χ2n) is 3.63. The lowest BCUT2D eigenvalue weighted by Gasteiger charge is -2.50. The molecule has 132 valence electrons. The highest BCUT2D eigenvalue weighted by Crippen LogP contribution is 2.68. The molecule has 22 heavy (non-hydrogen) atoms. The zero-order chi connectivity index (χ0) is 18.4. The van der Waals surface area contributed by atoms with Crippen molar-refractivity contribution < 1.29 is 4.79 Å². The summed E-state index contributed by atoms with van der Waals surface area (Å²) in [5, 5.41) is 1.85. The van der Waals surface area contributed by atoms with E-state index in [0.717, 1.165) is 0 Å². The minimum atomic E-state index is -2.78. The molecule has 0 aliphatic carbocycles. The molecule has 0 unspecified atom stereocenters. The first kappa shape index (κ1) is 25.2. The van der Waals surface area contributed by atoms with E-state index < -0.39 is 25.6 Å². The Morgan fingerprint density at radius 2 is 0.864 bits per heavy atom. The maximum atomic E-state index is 10.5. The topological polar surface area (TPSA) is 29.1 Å². The zero-order valence-corrected chi connectivity index (χ0v) is 19.2. The maximum Gasteiger partial charge on any atom is 0.226 e. The van der Waals surface area contributed by atoms with Gasteiger partial charge in [0.15, 0.2) is 8.67 Å². The van der Waals surface area contributed by atoms with Gasteiger partial charge in [-0.1, -0.05) is 151 Å². The van der Waals surface area contributed by atoms with Crippen molar-refractivity contribution in [2.75, 3.05) is 0 Å². The summed E-state index contributed by atoms with van der Waals surface area (Å²) in [6, 6.07) is 0. The van der Waals surface area contributed by atoms with Crippen molar-refractivity contribution in [2.24, 2.45) is 0 Å². The van der Waals surface area contributed by atoms with Crippen LogP contribution in [-0.4, -0.2) is 32.0 Å². The molecule has 0 saturated carbocycles. The van der Waals surface area contributed by atoms with E-state index in [9.17, 15) is 4.79 Å². The van der Waals surface area contributed by atoms with E-state index in [1.807, 2.05) is 5.32 Å². The molecule has 0 rings (SSSR count). The van der Waals surface area contributed by atoms with Crippen molar-refractivity contribution in [1.82, 2.24) is 5.32 Å². The van der Waals surface area contributed by atoms with Crippen LogP contribution < -0.4 is 5.32 Å². The fourth-order valence-electron chi connectivity index (χ4n) is 0.934. The van der Waals surface area contributed by atoms with Crippen LogP contribution in [0.2, 0.25) is 0 Å². The molecule has 0 aliphatic rings. The second kappa shape index (κ2) is 7.70. The first-order valence-electron chi connectivity index (χ1n) is 4.48. The van der Waals surface area contributed by atoms with Gasteiger partial charge in [0.05, 0.1) is 0 Å². The molecular weight excluding hydrogens is 575 g/mol. The molecule has 0 saturated heterocycles. The standard InChI is InChI=1S/C7H2Cl13NO/c8-2(9,4(12,13)6(16,17)18)3(10,11)5(14,15)7(19,20)21-1-22/h1H,(H,21,22). The first-order valence-corrected chi connectivity index (χ1v) is 9.39. The molecule has 0 aliphatic heterocycles. The zero-order valence-electron chi connectivity index (χ0n) is 9.40. The van der Waals surface area contributed by atoms with Crippen LogP contribution in [0.1, 0.15) is 0 Å². The van der Waals surface area contributed by atoms with E-state index >= 15 is 0 Å². The lowest BCUT2D eigenvalue weighted by atomic mass is 10.1. The molecule has 0 aromatic heterocycles. The number of hydrogen-bond acceptors (Lipinski definition) is 1. The average molecular weight is 577 g/mol. The summed E-state index contributed by atoms with van der Waals surface area (Å²) in [5.41, 5.74) is 0. The highest BCUT2D eigenvalue weighted by atomic mass is 35.6. The highest BCUT2D eigenvalue weighted by molar-refractivity contribution is 6.82. The SMILES string of the molecule is O=CNC(Cl)(Cl)C(Cl)(Cl)C(Cl)(Cl)C(Cl)(Cl)C(Cl)(Cl)C(Cl)(Cl)Cl. The summed E-state index contributed by atoms with van der Waals surface area (Å²) in [6.07, 6.45) is 0.0527. The molecule has 1 N–H and O–H groups in total. The Morgan fingerprint density at radius 3 is 1.14 bits per heavy atom. The Hall–Kier alpha value is 3.24. The summed E-state index contributed by atoms with van der Waals surface area (Å²) in [5.74, 6) is 0. The van der Waals surface area contributed by atoms with Crippen molar-refractivity contribution in [3.63, 3.8) is 0 Å². The average Bonchev–Trinajstić information content (AvgIpc) is 2.26. The fraction of sp³-hybridized carbons (Fsp3) is 0.857. The van der Waals surface area contributed by atoms with E-state index in [-0.39, 0.29) is 6.41 Å². The Kier molecular flexibility index (Phi) is 8.83. The molecule has 0 atom stereocenters. The highest BCUT2D eigenvalue weighted by Gasteiger charge is 2.76. The first-order chi connectivity index (χ1) is 9.31. The third kappa shape index (κ3) is 4.21. The van der Waals surface area contributed by atoms with Crippen LogP contribution in [0.15, 0.2) is 0 Å². The van der Waals surface area contributed by atoms with E-state index in [0.29, 0.717) is 0 Å². The summed E-state index contributed by atoms with van der Waals surface area (Å²) >= 11 is 75.9. The minimum Gasteiger partial charge on any atom is -0.325 e. The van der Waals surface area contributed by atoms with Gasteiger partial charge in [-0.05, 0) is 0 Å². The van der Waals surface area contributed by atoms with Gasteiger partial charge in [-0.25, -0.2) is 0 Å². The smallest absolute Gasteiger partial charge is 0.226 e. The van der Waals surface area contributed by atoms with Gasteiger partial charge < -0.3 is 5.32 Å². The quantitative estimate of drug-likeness (QED) is 0.207.